The summed E-state index contributed by atoms with van der Waals surface area (Å²) in [7, 11) is 0. The van der Waals surface area contributed by atoms with Crippen LogP contribution in [0.4, 0.5) is 0 Å². The van der Waals surface area contributed by atoms with Gasteiger partial charge in [-0.05, 0) is 51.7 Å². The Labute approximate surface area is 125 Å². The summed E-state index contributed by atoms with van der Waals surface area (Å²) in [6.45, 7) is 7.66. The minimum Gasteiger partial charge on any atom is -0.330 e. The highest BCUT2D eigenvalue weighted by Gasteiger charge is 2.28. The topological polar surface area (TPSA) is 22.0 Å². The Hall–Kier alpha value is -0.610. The molecule has 0 N–H and O–H groups in total. The number of hydrogen-bond donors (Lipinski definition) is 0. The summed E-state index contributed by atoms with van der Waals surface area (Å²) in [6.07, 6.45) is 3.60. The normalized spacial score (nSPS) is 16.2. The first-order valence-corrected chi connectivity index (χ1v) is 8.30. The van der Waals surface area contributed by atoms with Gasteiger partial charge in [0.2, 0.25) is 0 Å². The van der Waals surface area contributed by atoms with Gasteiger partial charge in [0.25, 0.3) is 0 Å². The largest absolute Gasteiger partial charge is 0.330 e. The van der Waals surface area contributed by atoms with E-state index in [0.29, 0.717) is 0 Å². The number of rotatable bonds is 3. The number of carbonyl (C=O) groups is 1. The summed E-state index contributed by atoms with van der Waals surface area (Å²) in [5.41, 5.74) is 2.24. The number of carbonyl (C=O) groups excluding carboxylic acids is 1. The van der Waals surface area contributed by atoms with Gasteiger partial charge in [0, 0.05) is 11.9 Å². The van der Waals surface area contributed by atoms with Crippen LogP contribution in [0.2, 0.25) is 0 Å². The molecule has 0 unspecified atom stereocenters. The monoisotopic (exact) mass is 339 g/mol. The average Bonchev–Trinajstić information content (AvgIpc) is 2.97. The Bertz CT molecular complexity index is 643. The molecule has 2 nitrogen and oxygen atoms in total. The fraction of sp³-hybridized carbons (Fsp3) is 0.533. The Kier molecular flexibility index (Phi) is 3.13. The molecular formula is C15H18BrNOS. The zero-order valence-corrected chi connectivity index (χ0v) is 13.9. The second-order valence-electron chi connectivity index (χ2n) is 6.46. The zero-order chi connectivity index (χ0) is 13.8. The highest BCUT2D eigenvalue weighted by Crippen LogP contribution is 2.44. The number of aromatic nitrogens is 1. The molecule has 102 valence electrons. The van der Waals surface area contributed by atoms with Crippen LogP contribution in [-0.4, -0.2) is 10.9 Å². The molecule has 2 aromatic heterocycles. The summed E-state index contributed by atoms with van der Waals surface area (Å²) in [6, 6.07) is 2.06. The maximum Gasteiger partial charge on any atom is 0.166 e. The van der Waals surface area contributed by atoms with Crippen LogP contribution in [-0.2, 0) is 12.0 Å². The Morgan fingerprint density at radius 3 is 2.68 bits per heavy atom. The van der Waals surface area contributed by atoms with Gasteiger partial charge in [-0.3, -0.25) is 4.79 Å². The van der Waals surface area contributed by atoms with Crippen LogP contribution in [0.1, 0.15) is 49.7 Å². The van der Waals surface area contributed by atoms with Crippen LogP contribution >= 0.6 is 27.3 Å². The second-order valence-corrected chi connectivity index (χ2v) is 8.78. The number of hydrogen-bond acceptors (Lipinski definition) is 2. The molecule has 3 rings (SSSR count). The molecule has 1 aliphatic rings. The first-order valence-electron chi connectivity index (χ1n) is 6.69. The van der Waals surface area contributed by atoms with Crippen molar-refractivity contribution in [2.45, 2.75) is 45.6 Å². The molecule has 0 aromatic carbocycles. The van der Waals surface area contributed by atoms with Gasteiger partial charge in [0.15, 0.2) is 6.29 Å². The lowest BCUT2D eigenvalue weighted by atomic mass is 9.87. The third kappa shape index (κ3) is 2.29. The van der Waals surface area contributed by atoms with Crippen molar-refractivity contribution in [3.8, 4) is 0 Å². The molecule has 0 bridgehead atoms. The number of thiophene rings is 1. The summed E-state index contributed by atoms with van der Waals surface area (Å²) >= 11 is 5.46. The highest BCUT2D eigenvalue weighted by molar-refractivity contribution is 9.11. The molecule has 0 atom stereocenters. The molecule has 19 heavy (non-hydrogen) atoms. The Morgan fingerprint density at radius 1 is 1.47 bits per heavy atom. The van der Waals surface area contributed by atoms with Crippen LogP contribution in [0.3, 0.4) is 0 Å². The molecule has 2 aromatic rings. The van der Waals surface area contributed by atoms with Crippen molar-refractivity contribution in [2.24, 2.45) is 5.92 Å². The summed E-state index contributed by atoms with van der Waals surface area (Å²) < 4.78 is 3.41. The fourth-order valence-electron chi connectivity index (χ4n) is 2.62. The van der Waals surface area contributed by atoms with Crippen LogP contribution in [0, 0.1) is 5.92 Å². The lowest BCUT2D eigenvalue weighted by Gasteiger charge is -2.18. The lowest BCUT2D eigenvalue weighted by molar-refractivity contribution is 0.111. The highest BCUT2D eigenvalue weighted by atomic mass is 79.9. The van der Waals surface area contributed by atoms with E-state index in [0.717, 1.165) is 24.4 Å². The molecule has 0 radical (unpaired) electrons. The van der Waals surface area contributed by atoms with Gasteiger partial charge in [0.05, 0.1) is 9.48 Å². The predicted molar refractivity (Wildman–Crippen MR) is 84.3 cm³/mol. The van der Waals surface area contributed by atoms with E-state index in [-0.39, 0.29) is 5.41 Å². The molecule has 0 amide bonds. The average molecular weight is 340 g/mol. The smallest absolute Gasteiger partial charge is 0.166 e. The van der Waals surface area contributed by atoms with E-state index in [1.807, 2.05) is 0 Å². The first-order chi connectivity index (χ1) is 8.91. The van der Waals surface area contributed by atoms with Gasteiger partial charge in [-0.25, -0.2) is 0 Å². The standard InChI is InChI=1S/C15H18BrNOS/c1-15(2,3)12-11-6-10(8-18)17(7-9-4-5-9)14(11)19-13(12)16/h6,8-9H,4-5,7H2,1-3H3. The third-order valence-corrected chi connectivity index (χ3v) is 5.64. The van der Waals surface area contributed by atoms with E-state index >= 15 is 0 Å². The Balaban J connectivity index is 2.22. The van der Waals surface area contributed by atoms with E-state index in [1.54, 1.807) is 11.3 Å². The maximum absolute atomic E-state index is 11.3. The van der Waals surface area contributed by atoms with Gasteiger partial charge >= 0.3 is 0 Å². The number of nitrogens with zero attached hydrogens (tertiary/aromatic N) is 1. The van der Waals surface area contributed by atoms with Crippen molar-refractivity contribution in [3.63, 3.8) is 0 Å². The van der Waals surface area contributed by atoms with Crippen LogP contribution in [0.25, 0.3) is 10.2 Å². The molecule has 1 fully saturated rings. The minimum absolute atomic E-state index is 0.0863. The second kappa shape index (κ2) is 4.45. The molecule has 0 saturated heterocycles. The van der Waals surface area contributed by atoms with E-state index < -0.39 is 0 Å². The lowest BCUT2D eigenvalue weighted by Crippen LogP contribution is -2.10. The number of fused-ring (bicyclic) bond motifs is 1. The Morgan fingerprint density at radius 2 is 2.16 bits per heavy atom. The van der Waals surface area contributed by atoms with Crippen LogP contribution in [0.15, 0.2) is 9.85 Å². The zero-order valence-electron chi connectivity index (χ0n) is 11.5. The molecule has 0 spiro atoms. The van der Waals surface area contributed by atoms with E-state index in [9.17, 15) is 4.79 Å². The van der Waals surface area contributed by atoms with E-state index in [4.69, 9.17) is 0 Å². The summed E-state index contributed by atoms with van der Waals surface area (Å²) in [5, 5.41) is 1.24. The van der Waals surface area contributed by atoms with Crippen molar-refractivity contribution in [2.75, 3.05) is 0 Å². The summed E-state index contributed by atoms with van der Waals surface area (Å²) in [5.74, 6) is 0.772. The van der Waals surface area contributed by atoms with Crippen molar-refractivity contribution in [3.05, 3.63) is 21.1 Å². The predicted octanol–water partition coefficient (Wildman–Crippen LogP) is 4.99. The van der Waals surface area contributed by atoms with Gasteiger partial charge < -0.3 is 4.57 Å². The quantitative estimate of drug-likeness (QED) is 0.722. The van der Waals surface area contributed by atoms with Crippen molar-refractivity contribution >= 4 is 43.8 Å². The molecule has 2 heterocycles. The van der Waals surface area contributed by atoms with Crippen molar-refractivity contribution < 1.29 is 4.79 Å². The third-order valence-electron chi connectivity index (χ3n) is 3.74. The van der Waals surface area contributed by atoms with Gasteiger partial charge in [0.1, 0.15) is 4.83 Å². The van der Waals surface area contributed by atoms with Crippen LogP contribution < -0.4 is 0 Å². The van der Waals surface area contributed by atoms with Gasteiger partial charge in [-0.1, -0.05) is 20.8 Å². The molecule has 4 heteroatoms. The summed E-state index contributed by atoms with van der Waals surface area (Å²) in [4.78, 5) is 12.6. The van der Waals surface area contributed by atoms with Crippen molar-refractivity contribution in [1.29, 1.82) is 0 Å². The molecule has 1 aliphatic carbocycles. The molecule has 0 aliphatic heterocycles. The number of halogens is 1. The van der Waals surface area contributed by atoms with Crippen molar-refractivity contribution in [1.82, 2.24) is 4.57 Å². The van der Waals surface area contributed by atoms with E-state index in [2.05, 4.69) is 47.3 Å². The van der Waals surface area contributed by atoms with E-state index in [1.165, 1.54) is 32.4 Å². The minimum atomic E-state index is 0.0863. The SMILES string of the molecule is CC(C)(C)c1c(Br)sc2c1cc(C=O)n2CC1CC1. The molecule has 1 saturated carbocycles. The van der Waals surface area contributed by atoms with Crippen LogP contribution in [0.5, 0.6) is 0 Å². The van der Waals surface area contributed by atoms with Gasteiger partial charge in [-0.15, -0.1) is 11.3 Å². The maximum atomic E-state index is 11.3. The fourth-order valence-corrected chi connectivity index (χ4v) is 5.14. The van der Waals surface area contributed by atoms with Gasteiger partial charge in [-0.2, -0.15) is 0 Å². The molecular weight excluding hydrogens is 322 g/mol. The number of aldehydes is 1. The first kappa shape index (κ1) is 13.4.